The summed E-state index contributed by atoms with van der Waals surface area (Å²) in [6.07, 6.45) is 8.88. The standard InChI is InChI=1S/C28H30N2O2/c1-15-5-19(6-16(2)27(15)31-13-29)20-9-23-22-11-24(26(12-22)25(23)10-20)21-7-17(3)28(32-14-30)18(4)8-21/h5-8,20,22-26H,9-12H2,1-4H3. The van der Waals surface area contributed by atoms with E-state index in [2.05, 4.69) is 38.1 Å². The Balaban J connectivity index is 1.37. The number of nitriles is 2. The zero-order chi connectivity index (χ0) is 22.6. The lowest BCUT2D eigenvalue weighted by Crippen LogP contribution is -2.23. The second-order valence-corrected chi connectivity index (χ2v) is 10.4. The van der Waals surface area contributed by atoms with Crippen LogP contribution in [0.25, 0.3) is 0 Å². The molecule has 6 atom stereocenters. The topological polar surface area (TPSA) is 66.0 Å². The molecule has 2 aromatic carbocycles. The molecule has 0 saturated heterocycles. The Hall–Kier alpha value is -2.98. The van der Waals surface area contributed by atoms with Crippen molar-refractivity contribution in [3.05, 3.63) is 57.6 Å². The van der Waals surface area contributed by atoms with Gasteiger partial charge in [-0.2, -0.15) is 0 Å². The van der Waals surface area contributed by atoms with E-state index < -0.39 is 0 Å². The van der Waals surface area contributed by atoms with Crippen LogP contribution < -0.4 is 9.47 Å². The van der Waals surface area contributed by atoms with Gasteiger partial charge in [-0.05, 0) is 122 Å². The lowest BCUT2D eigenvalue weighted by Gasteiger charge is -2.32. The molecule has 32 heavy (non-hydrogen) atoms. The van der Waals surface area contributed by atoms with E-state index >= 15 is 0 Å². The number of hydrogen-bond acceptors (Lipinski definition) is 4. The minimum absolute atomic E-state index is 0.609. The van der Waals surface area contributed by atoms with E-state index in [1.807, 2.05) is 26.4 Å². The van der Waals surface area contributed by atoms with Crippen LogP contribution in [0.4, 0.5) is 0 Å². The van der Waals surface area contributed by atoms with Gasteiger partial charge in [-0.3, -0.25) is 0 Å². The lowest BCUT2D eigenvalue weighted by molar-refractivity contribution is 0.232. The second kappa shape index (κ2) is 7.86. The van der Waals surface area contributed by atoms with Crippen LogP contribution in [0.1, 0.15) is 70.9 Å². The number of nitrogens with zero attached hydrogens (tertiary/aromatic N) is 2. The van der Waals surface area contributed by atoms with Crippen molar-refractivity contribution in [1.82, 2.24) is 0 Å². The average molecular weight is 427 g/mol. The highest BCUT2D eigenvalue weighted by Crippen LogP contribution is 2.66. The highest BCUT2D eigenvalue weighted by molar-refractivity contribution is 5.47. The maximum absolute atomic E-state index is 8.94. The van der Waals surface area contributed by atoms with Gasteiger partial charge in [0.15, 0.2) is 0 Å². The average Bonchev–Trinajstić information content (AvgIpc) is 3.45. The molecule has 0 heterocycles. The third-order valence-electron chi connectivity index (χ3n) is 8.63. The van der Waals surface area contributed by atoms with Crippen molar-refractivity contribution in [2.24, 2.45) is 23.7 Å². The van der Waals surface area contributed by atoms with E-state index in [4.69, 9.17) is 20.0 Å². The third kappa shape index (κ3) is 3.25. The van der Waals surface area contributed by atoms with Crippen molar-refractivity contribution in [1.29, 1.82) is 10.5 Å². The van der Waals surface area contributed by atoms with Crippen LogP contribution in [0, 0.1) is 74.4 Å². The fraction of sp³-hybridized carbons (Fsp3) is 0.500. The molecule has 5 rings (SSSR count). The largest absolute Gasteiger partial charge is 0.387 e. The van der Waals surface area contributed by atoms with Gasteiger partial charge in [-0.15, -0.1) is 10.5 Å². The van der Waals surface area contributed by atoms with E-state index in [1.54, 1.807) is 0 Å². The molecular formula is C28H30N2O2. The van der Waals surface area contributed by atoms with Gasteiger partial charge in [-0.25, -0.2) is 0 Å². The second-order valence-electron chi connectivity index (χ2n) is 10.4. The summed E-state index contributed by atoms with van der Waals surface area (Å²) in [5.74, 6) is 5.91. The lowest BCUT2D eigenvalue weighted by atomic mass is 9.73. The normalized spacial score (nSPS) is 29.9. The van der Waals surface area contributed by atoms with E-state index in [0.29, 0.717) is 23.3 Å². The van der Waals surface area contributed by atoms with Gasteiger partial charge in [0.2, 0.25) is 0 Å². The van der Waals surface area contributed by atoms with E-state index in [9.17, 15) is 0 Å². The summed E-state index contributed by atoms with van der Waals surface area (Å²) in [7, 11) is 0. The summed E-state index contributed by atoms with van der Waals surface area (Å²) >= 11 is 0. The van der Waals surface area contributed by atoms with E-state index in [1.165, 1.54) is 36.8 Å². The Morgan fingerprint density at radius 3 is 1.69 bits per heavy atom. The summed E-state index contributed by atoms with van der Waals surface area (Å²) in [5, 5.41) is 17.9. The quantitative estimate of drug-likeness (QED) is 0.518. The van der Waals surface area contributed by atoms with Gasteiger partial charge in [0.1, 0.15) is 11.5 Å². The molecule has 6 unspecified atom stereocenters. The predicted octanol–water partition coefficient (Wildman–Crippen LogP) is 6.57. The van der Waals surface area contributed by atoms with Crippen molar-refractivity contribution in [3.63, 3.8) is 0 Å². The van der Waals surface area contributed by atoms with Gasteiger partial charge in [0.05, 0.1) is 0 Å². The minimum Gasteiger partial charge on any atom is -0.387 e. The van der Waals surface area contributed by atoms with Gasteiger partial charge >= 0.3 is 0 Å². The highest BCUT2D eigenvalue weighted by atomic mass is 16.5. The van der Waals surface area contributed by atoms with E-state index in [0.717, 1.165) is 45.9 Å². The van der Waals surface area contributed by atoms with Crippen LogP contribution in [0.15, 0.2) is 24.3 Å². The van der Waals surface area contributed by atoms with Crippen LogP contribution in [0.5, 0.6) is 11.5 Å². The number of ether oxygens (including phenoxy) is 2. The molecule has 2 bridgehead atoms. The first-order valence-electron chi connectivity index (χ1n) is 11.7. The zero-order valence-electron chi connectivity index (χ0n) is 19.3. The Labute approximate surface area is 190 Å². The summed E-state index contributed by atoms with van der Waals surface area (Å²) in [6.45, 7) is 8.19. The minimum atomic E-state index is 0.609. The maximum atomic E-state index is 8.94. The van der Waals surface area contributed by atoms with Gasteiger partial charge in [-0.1, -0.05) is 24.3 Å². The molecule has 3 aliphatic rings. The molecule has 3 saturated carbocycles. The SMILES string of the molecule is Cc1cc(C2CC3C4CC(c5cc(C)c(OC#N)c(C)c5)C(C4)C3C2)cc(C)c1OC#N. The molecule has 4 heteroatoms. The Bertz CT molecular complexity index is 1110. The molecule has 0 radical (unpaired) electrons. The summed E-state index contributed by atoms with van der Waals surface area (Å²) in [4.78, 5) is 0. The van der Waals surface area contributed by atoms with Crippen LogP contribution in [0.2, 0.25) is 0 Å². The summed E-state index contributed by atoms with van der Waals surface area (Å²) < 4.78 is 10.4. The predicted molar refractivity (Wildman–Crippen MR) is 122 cm³/mol. The van der Waals surface area contributed by atoms with Crippen molar-refractivity contribution >= 4 is 0 Å². The van der Waals surface area contributed by atoms with Crippen LogP contribution in [0.3, 0.4) is 0 Å². The fourth-order valence-electron chi connectivity index (χ4n) is 7.56. The van der Waals surface area contributed by atoms with Gasteiger partial charge < -0.3 is 9.47 Å². The first kappa shape index (κ1) is 20.9. The molecule has 0 N–H and O–H groups in total. The third-order valence-corrected chi connectivity index (χ3v) is 8.63. The molecule has 4 nitrogen and oxygen atoms in total. The highest BCUT2D eigenvalue weighted by Gasteiger charge is 2.56. The first-order chi connectivity index (χ1) is 15.4. The van der Waals surface area contributed by atoms with Crippen molar-refractivity contribution < 1.29 is 9.47 Å². The van der Waals surface area contributed by atoms with Gasteiger partial charge in [0.25, 0.3) is 12.5 Å². The molecular weight excluding hydrogens is 396 g/mol. The molecule has 0 amide bonds. The smallest absolute Gasteiger partial charge is 0.292 e. The van der Waals surface area contributed by atoms with E-state index in [-0.39, 0.29) is 0 Å². The Morgan fingerprint density at radius 2 is 1.16 bits per heavy atom. The maximum Gasteiger partial charge on any atom is 0.292 e. The molecule has 164 valence electrons. The molecule has 0 aromatic heterocycles. The summed E-state index contributed by atoms with van der Waals surface area (Å²) in [5.41, 5.74) is 7.10. The van der Waals surface area contributed by atoms with Gasteiger partial charge in [0, 0.05) is 0 Å². The Kier molecular flexibility index (Phi) is 5.13. The monoisotopic (exact) mass is 426 g/mol. The number of fused-ring (bicyclic) bond motifs is 5. The number of hydrogen-bond donors (Lipinski definition) is 0. The van der Waals surface area contributed by atoms with Crippen LogP contribution in [-0.2, 0) is 0 Å². The van der Waals surface area contributed by atoms with Crippen molar-refractivity contribution in [2.45, 2.75) is 65.2 Å². The molecule has 3 aliphatic carbocycles. The number of rotatable bonds is 4. The van der Waals surface area contributed by atoms with Crippen LogP contribution in [-0.4, -0.2) is 0 Å². The van der Waals surface area contributed by atoms with Crippen molar-refractivity contribution in [2.75, 3.05) is 0 Å². The molecule has 0 aliphatic heterocycles. The Morgan fingerprint density at radius 1 is 0.656 bits per heavy atom. The molecule has 0 spiro atoms. The summed E-state index contributed by atoms with van der Waals surface area (Å²) in [6, 6.07) is 9.00. The fourth-order valence-corrected chi connectivity index (χ4v) is 7.56. The number of benzene rings is 2. The van der Waals surface area contributed by atoms with Crippen LogP contribution >= 0.6 is 0 Å². The molecule has 3 fully saturated rings. The van der Waals surface area contributed by atoms with Crippen molar-refractivity contribution in [3.8, 4) is 24.0 Å². The zero-order valence-corrected chi connectivity index (χ0v) is 19.3. The number of aryl methyl sites for hydroxylation is 4. The first-order valence-corrected chi connectivity index (χ1v) is 11.7. The molecule has 2 aromatic rings.